The molecule has 1 aliphatic rings. The molecule has 0 saturated heterocycles. The number of nitrogens with two attached hydrogens (primary N) is 1. The van der Waals surface area contributed by atoms with Crippen LogP contribution in [0.1, 0.15) is 49.3 Å². The molecule has 72 valence electrons. The van der Waals surface area contributed by atoms with Crippen molar-refractivity contribution in [3.8, 4) is 0 Å². The highest BCUT2D eigenvalue weighted by Gasteiger charge is 2.20. The van der Waals surface area contributed by atoms with Gasteiger partial charge in [0, 0.05) is 18.0 Å². The number of hydrogen-bond acceptors (Lipinski definition) is 3. The summed E-state index contributed by atoms with van der Waals surface area (Å²) in [5.74, 6) is 0.603. The monoisotopic (exact) mass is 180 g/mol. The Balaban J connectivity index is 2.13. The molecule has 1 heterocycles. The van der Waals surface area contributed by atoms with Gasteiger partial charge in [-0.05, 0) is 12.8 Å². The smallest absolute Gasteiger partial charge is 0.128 e. The van der Waals surface area contributed by atoms with Crippen LogP contribution in [0, 0.1) is 0 Å². The maximum absolute atomic E-state index is 5.60. The van der Waals surface area contributed by atoms with E-state index in [0.717, 1.165) is 11.3 Å². The van der Waals surface area contributed by atoms with Crippen molar-refractivity contribution in [1.82, 2.24) is 5.16 Å². The van der Waals surface area contributed by atoms with Crippen LogP contribution in [-0.2, 0) is 6.54 Å². The van der Waals surface area contributed by atoms with Gasteiger partial charge < -0.3 is 10.3 Å². The van der Waals surface area contributed by atoms with Crippen LogP contribution >= 0.6 is 0 Å². The van der Waals surface area contributed by atoms with Crippen molar-refractivity contribution in [2.24, 2.45) is 5.73 Å². The second-order valence-electron chi connectivity index (χ2n) is 3.76. The third-order valence-electron chi connectivity index (χ3n) is 2.89. The Hall–Kier alpha value is -0.830. The summed E-state index contributed by atoms with van der Waals surface area (Å²) in [5.41, 5.74) is 7.80. The van der Waals surface area contributed by atoms with E-state index in [1.165, 1.54) is 32.1 Å². The second-order valence-corrected chi connectivity index (χ2v) is 3.76. The van der Waals surface area contributed by atoms with Gasteiger partial charge in [-0.15, -0.1) is 0 Å². The largest absolute Gasteiger partial charge is 0.364 e. The van der Waals surface area contributed by atoms with Crippen LogP contribution in [0.4, 0.5) is 0 Å². The molecule has 0 aromatic carbocycles. The van der Waals surface area contributed by atoms with Crippen LogP contribution in [0.15, 0.2) is 10.8 Å². The fourth-order valence-corrected chi connectivity index (χ4v) is 2.13. The SMILES string of the molecule is NCc1conc1C1CCCCC1. The van der Waals surface area contributed by atoms with Gasteiger partial charge in [0.25, 0.3) is 0 Å². The summed E-state index contributed by atoms with van der Waals surface area (Å²) in [7, 11) is 0. The Kier molecular flexibility index (Phi) is 2.64. The standard InChI is InChI=1S/C10H16N2O/c11-6-9-7-13-12-10(9)8-4-2-1-3-5-8/h7-8H,1-6,11H2. The van der Waals surface area contributed by atoms with E-state index in [-0.39, 0.29) is 0 Å². The van der Waals surface area contributed by atoms with Crippen LogP contribution < -0.4 is 5.73 Å². The highest BCUT2D eigenvalue weighted by molar-refractivity contribution is 5.19. The second kappa shape index (κ2) is 3.92. The van der Waals surface area contributed by atoms with Crippen molar-refractivity contribution in [2.75, 3.05) is 0 Å². The molecule has 1 fully saturated rings. The Bertz CT molecular complexity index is 264. The molecule has 1 aliphatic carbocycles. The molecule has 0 radical (unpaired) electrons. The average Bonchev–Trinajstić information content (AvgIpc) is 2.67. The van der Waals surface area contributed by atoms with Gasteiger partial charge >= 0.3 is 0 Å². The molecule has 3 heteroatoms. The number of rotatable bonds is 2. The first kappa shape index (κ1) is 8.75. The highest BCUT2D eigenvalue weighted by atomic mass is 16.5. The maximum Gasteiger partial charge on any atom is 0.128 e. The predicted molar refractivity (Wildman–Crippen MR) is 50.2 cm³/mol. The third-order valence-corrected chi connectivity index (χ3v) is 2.89. The number of hydrogen-bond donors (Lipinski definition) is 1. The lowest BCUT2D eigenvalue weighted by atomic mass is 9.86. The summed E-state index contributed by atoms with van der Waals surface area (Å²) >= 11 is 0. The van der Waals surface area contributed by atoms with Crippen LogP contribution in [0.5, 0.6) is 0 Å². The van der Waals surface area contributed by atoms with Gasteiger partial charge in [0.2, 0.25) is 0 Å². The summed E-state index contributed by atoms with van der Waals surface area (Å²) in [6, 6.07) is 0. The van der Waals surface area contributed by atoms with Crippen molar-refractivity contribution < 1.29 is 4.52 Å². The molecule has 1 aromatic heterocycles. The zero-order chi connectivity index (χ0) is 9.10. The average molecular weight is 180 g/mol. The van der Waals surface area contributed by atoms with Crippen LogP contribution in [-0.4, -0.2) is 5.16 Å². The molecule has 0 bridgehead atoms. The van der Waals surface area contributed by atoms with Crippen LogP contribution in [0.2, 0.25) is 0 Å². The molecule has 0 aliphatic heterocycles. The quantitative estimate of drug-likeness (QED) is 0.759. The third kappa shape index (κ3) is 1.75. The highest BCUT2D eigenvalue weighted by Crippen LogP contribution is 2.33. The topological polar surface area (TPSA) is 52.0 Å². The minimum Gasteiger partial charge on any atom is -0.364 e. The predicted octanol–water partition coefficient (Wildman–Crippen LogP) is 2.18. The van der Waals surface area contributed by atoms with E-state index in [2.05, 4.69) is 5.16 Å². The van der Waals surface area contributed by atoms with E-state index in [1.807, 2.05) is 0 Å². The molecule has 1 saturated carbocycles. The van der Waals surface area contributed by atoms with Crippen molar-refractivity contribution >= 4 is 0 Å². The Labute approximate surface area is 78.3 Å². The summed E-state index contributed by atoms with van der Waals surface area (Å²) in [5, 5.41) is 4.06. The van der Waals surface area contributed by atoms with Gasteiger partial charge in [0.1, 0.15) is 6.26 Å². The van der Waals surface area contributed by atoms with Gasteiger partial charge in [0.05, 0.1) is 5.69 Å². The first-order valence-electron chi connectivity index (χ1n) is 5.05. The lowest BCUT2D eigenvalue weighted by Crippen LogP contribution is -2.08. The summed E-state index contributed by atoms with van der Waals surface area (Å²) in [4.78, 5) is 0. The van der Waals surface area contributed by atoms with E-state index >= 15 is 0 Å². The van der Waals surface area contributed by atoms with E-state index in [1.54, 1.807) is 6.26 Å². The molecular formula is C10H16N2O. The summed E-state index contributed by atoms with van der Waals surface area (Å²) in [6.45, 7) is 0.551. The minimum absolute atomic E-state index is 0.551. The van der Waals surface area contributed by atoms with Crippen molar-refractivity contribution in [3.63, 3.8) is 0 Å². The fourth-order valence-electron chi connectivity index (χ4n) is 2.13. The van der Waals surface area contributed by atoms with Crippen molar-refractivity contribution in [2.45, 2.75) is 44.6 Å². The molecule has 1 aromatic rings. The minimum atomic E-state index is 0.551. The zero-order valence-corrected chi connectivity index (χ0v) is 7.83. The molecule has 0 amide bonds. The Morgan fingerprint density at radius 1 is 1.38 bits per heavy atom. The molecule has 0 spiro atoms. The lowest BCUT2D eigenvalue weighted by Gasteiger charge is -2.19. The molecule has 0 atom stereocenters. The zero-order valence-electron chi connectivity index (χ0n) is 7.83. The molecule has 2 N–H and O–H groups in total. The molecule has 3 nitrogen and oxygen atoms in total. The first-order valence-corrected chi connectivity index (χ1v) is 5.05. The molecular weight excluding hydrogens is 164 g/mol. The number of aromatic nitrogens is 1. The lowest BCUT2D eigenvalue weighted by molar-refractivity contribution is 0.379. The molecule has 2 rings (SSSR count). The summed E-state index contributed by atoms with van der Waals surface area (Å²) < 4.78 is 4.96. The summed E-state index contributed by atoms with van der Waals surface area (Å²) in [6.07, 6.45) is 8.19. The van der Waals surface area contributed by atoms with E-state index in [9.17, 15) is 0 Å². The van der Waals surface area contributed by atoms with E-state index in [0.29, 0.717) is 12.5 Å². The van der Waals surface area contributed by atoms with Gasteiger partial charge in [0.15, 0.2) is 0 Å². The molecule has 13 heavy (non-hydrogen) atoms. The first-order chi connectivity index (χ1) is 6.42. The van der Waals surface area contributed by atoms with Crippen LogP contribution in [0.25, 0.3) is 0 Å². The Morgan fingerprint density at radius 3 is 2.85 bits per heavy atom. The van der Waals surface area contributed by atoms with Gasteiger partial charge in [-0.3, -0.25) is 0 Å². The van der Waals surface area contributed by atoms with E-state index < -0.39 is 0 Å². The van der Waals surface area contributed by atoms with E-state index in [4.69, 9.17) is 10.3 Å². The normalized spacial score (nSPS) is 19.2. The van der Waals surface area contributed by atoms with Crippen molar-refractivity contribution in [1.29, 1.82) is 0 Å². The van der Waals surface area contributed by atoms with Crippen LogP contribution in [0.3, 0.4) is 0 Å². The number of nitrogens with zero attached hydrogens (tertiary/aromatic N) is 1. The van der Waals surface area contributed by atoms with Crippen molar-refractivity contribution in [3.05, 3.63) is 17.5 Å². The van der Waals surface area contributed by atoms with Gasteiger partial charge in [-0.2, -0.15) is 0 Å². The fraction of sp³-hybridized carbons (Fsp3) is 0.700. The molecule has 0 unspecified atom stereocenters. The maximum atomic E-state index is 5.60. The Morgan fingerprint density at radius 2 is 2.15 bits per heavy atom. The van der Waals surface area contributed by atoms with Gasteiger partial charge in [-0.1, -0.05) is 24.4 Å². The van der Waals surface area contributed by atoms with Gasteiger partial charge in [-0.25, -0.2) is 0 Å².